The Hall–Kier alpha value is -0.420. The molecule has 1 atom stereocenters. The third-order valence-electron chi connectivity index (χ3n) is 4.17. The summed E-state index contributed by atoms with van der Waals surface area (Å²) in [6, 6.07) is 4.33. The van der Waals surface area contributed by atoms with Gasteiger partial charge in [0.1, 0.15) is 0 Å². The van der Waals surface area contributed by atoms with Crippen molar-refractivity contribution in [3.05, 3.63) is 22.4 Å². The lowest BCUT2D eigenvalue weighted by Gasteiger charge is -2.50. The van der Waals surface area contributed by atoms with Gasteiger partial charge in [-0.05, 0) is 44.7 Å². The normalized spacial score (nSPS) is 26.8. The van der Waals surface area contributed by atoms with Crippen LogP contribution in [0.25, 0.3) is 0 Å². The summed E-state index contributed by atoms with van der Waals surface area (Å²) in [6.45, 7) is 10.1. The minimum atomic E-state index is -0.0690. The van der Waals surface area contributed by atoms with Crippen LogP contribution in [0.5, 0.6) is 0 Å². The first-order valence-electron chi connectivity index (χ1n) is 7.13. The fourth-order valence-corrected chi connectivity index (χ4v) is 3.95. The second-order valence-corrected chi connectivity index (χ2v) is 7.09. The molecule has 0 aliphatic carbocycles. The van der Waals surface area contributed by atoms with Crippen molar-refractivity contribution < 1.29 is 4.74 Å². The highest BCUT2D eigenvalue weighted by molar-refractivity contribution is 7.09. The van der Waals surface area contributed by atoms with E-state index in [-0.39, 0.29) is 11.1 Å². The summed E-state index contributed by atoms with van der Waals surface area (Å²) in [5, 5.41) is 2.15. The smallest absolute Gasteiger partial charge is 0.0644 e. The van der Waals surface area contributed by atoms with Gasteiger partial charge in [0.25, 0.3) is 0 Å². The van der Waals surface area contributed by atoms with Crippen LogP contribution in [0.2, 0.25) is 0 Å². The van der Waals surface area contributed by atoms with Crippen molar-refractivity contribution >= 4 is 11.3 Å². The van der Waals surface area contributed by atoms with Gasteiger partial charge in [0.05, 0.1) is 5.60 Å². The van der Waals surface area contributed by atoms with E-state index in [0.717, 1.165) is 32.5 Å². The first-order chi connectivity index (χ1) is 9.01. The Morgan fingerprint density at radius 2 is 2.26 bits per heavy atom. The second-order valence-electron chi connectivity index (χ2n) is 6.06. The fourth-order valence-electron chi connectivity index (χ4n) is 3.23. The number of ether oxygens (including phenoxy) is 1. The fraction of sp³-hybridized carbons (Fsp3) is 0.733. The Kier molecular flexibility index (Phi) is 4.66. The summed E-state index contributed by atoms with van der Waals surface area (Å²) in [5.41, 5.74) is 6.19. The molecule has 0 bridgehead atoms. The van der Waals surface area contributed by atoms with Crippen LogP contribution in [0, 0.1) is 0 Å². The van der Waals surface area contributed by atoms with E-state index in [1.54, 1.807) is 0 Å². The van der Waals surface area contributed by atoms with E-state index in [9.17, 15) is 0 Å². The first-order valence-corrected chi connectivity index (χ1v) is 8.01. The summed E-state index contributed by atoms with van der Waals surface area (Å²) in [4.78, 5) is 3.96. The van der Waals surface area contributed by atoms with Gasteiger partial charge in [0.15, 0.2) is 0 Å². The van der Waals surface area contributed by atoms with Gasteiger partial charge in [-0.3, -0.25) is 4.90 Å². The van der Waals surface area contributed by atoms with Crippen molar-refractivity contribution in [1.82, 2.24) is 4.90 Å². The van der Waals surface area contributed by atoms with E-state index in [4.69, 9.17) is 10.5 Å². The van der Waals surface area contributed by atoms with Gasteiger partial charge in [-0.2, -0.15) is 0 Å². The molecule has 2 heterocycles. The first kappa shape index (κ1) is 15.0. The Morgan fingerprint density at radius 1 is 1.47 bits per heavy atom. The van der Waals surface area contributed by atoms with Gasteiger partial charge in [-0.15, -0.1) is 11.3 Å². The van der Waals surface area contributed by atoms with Gasteiger partial charge < -0.3 is 10.5 Å². The molecule has 0 spiro atoms. The largest absolute Gasteiger partial charge is 0.375 e. The number of likely N-dealkylation sites (N-methyl/N-ethyl adjacent to an activating group) is 1. The van der Waals surface area contributed by atoms with Crippen LogP contribution in [0.4, 0.5) is 0 Å². The quantitative estimate of drug-likeness (QED) is 0.902. The highest BCUT2D eigenvalue weighted by Gasteiger charge is 2.43. The molecule has 19 heavy (non-hydrogen) atoms. The predicted molar refractivity (Wildman–Crippen MR) is 81.5 cm³/mol. The molecule has 2 rings (SSSR count). The maximum Gasteiger partial charge on any atom is 0.0644 e. The zero-order valence-electron chi connectivity index (χ0n) is 12.3. The van der Waals surface area contributed by atoms with Gasteiger partial charge >= 0.3 is 0 Å². The topological polar surface area (TPSA) is 38.5 Å². The molecule has 2 N–H and O–H groups in total. The molecule has 1 aromatic heterocycles. The van der Waals surface area contributed by atoms with Gasteiger partial charge in [-0.25, -0.2) is 0 Å². The van der Waals surface area contributed by atoms with E-state index in [1.807, 2.05) is 11.3 Å². The highest BCUT2D eigenvalue weighted by Crippen LogP contribution is 2.36. The van der Waals surface area contributed by atoms with Crippen LogP contribution in [0.3, 0.4) is 0 Å². The molecular weight excluding hydrogens is 256 g/mol. The summed E-state index contributed by atoms with van der Waals surface area (Å²) >= 11 is 1.83. The van der Waals surface area contributed by atoms with Crippen LogP contribution in [0.15, 0.2) is 17.5 Å². The number of hydrogen-bond acceptors (Lipinski definition) is 4. The summed E-state index contributed by atoms with van der Waals surface area (Å²) < 4.78 is 5.87. The van der Waals surface area contributed by atoms with E-state index < -0.39 is 0 Å². The van der Waals surface area contributed by atoms with Gasteiger partial charge in [0, 0.05) is 30.1 Å². The third kappa shape index (κ3) is 3.37. The maximum atomic E-state index is 6.17. The predicted octanol–water partition coefficient (Wildman–Crippen LogP) is 2.86. The third-order valence-corrected chi connectivity index (χ3v) is 5.04. The van der Waals surface area contributed by atoms with E-state index in [2.05, 4.69) is 43.2 Å². The minimum absolute atomic E-state index is 0.0690. The van der Waals surface area contributed by atoms with Crippen LogP contribution in [0.1, 0.15) is 38.5 Å². The number of hydrogen-bond donors (Lipinski definition) is 1. The molecule has 0 saturated carbocycles. The molecule has 4 heteroatoms. The van der Waals surface area contributed by atoms with E-state index in [1.165, 1.54) is 4.88 Å². The zero-order valence-corrected chi connectivity index (χ0v) is 13.1. The lowest BCUT2D eigenvalue weighted by molar-refractivity contribution is -0.119. The van der Waals surface area contributed by atoms with Crippen LogP contribution < -0.4 is 5.73 Å². The molecule has 3 nitrogen and oxygen atoms in total. The van der Waals surface area contributed by atoms with Crippen LogP contribution in [-0.2, 0) is 11.3 Å². The lowest BCUT2D eigenvalue weighted by Crippen LogP contribution is -2.60. The Morgan fingerprint density at radius 3 is 2.79 bits per heavy atom. The van der Waals surface area contributed by atoms with Crippen molar-refractivity contribution in [3.8, 4) is 0 Å². The highest BCUT2D eigenvalue weighted by atomic mass is 32.1. The number of rotatable bonds is 5. The Bertz CT molecular complexity index is 391. The van der Waals surface area contributed by atoms with Gasteiger partial charge in [-0.1, -0.05) is 13.0 Å². The van der Waals surface area contributed by atoms with E-state index >= 15 is 0 Å². The molecule has 108 valence electrons. The monoisotopic (exact) mass is 282 g/mol. The van der Waals surface area contributed by atoms with Gasteiger partial charge in [0.2, 0.25) is 0 Å². The molecule has 0 aromatic carbocycles. The molecule has 1 unspecified atom stereocenters. The molecule has 1 aromatic rings. The maximum absolute atomic E-state index is 6.17. The van der Waals surface area contributed by atoms with Crippen molar-refractivity contribution in [2.24, 2.45) is 5.73 Å². The standard InChI is InChI=1S/C15H26N2OS/c1-4-17(10-13-6-5-9-19-13)15(12-16)7-8-18-14(2,3)11-15/h5-6,9H,4,7-8,10-12,16H2,1-3H3. The minimum Gasteiger partial charge on any atom is -0.375 e. The average Bonchev–Trinajstić information content (AvgIpc) is 2.87. The van der Waals surface area contributed by atoms with Crippen molar-refractivity contribution in [1.29, 1.82) is 0 Å². The van der Waals surface area contributed by atoms with E-state index in [0.29, 0.717) is 6.54 Å². The molecular formula is C15H26N2OS. The molecule has 0 radical (unpaired) electrons. The van der Waals surface area contributed by atoms with Crippen molar-refractivity contribution in [3.63, 3.8) is 0 Å². The molecule has 1 saturated heterocycles. The van der Waals surface area contributed by atoms with Crippen LogP contribution >= 0.6 is 11.3 Å². The van der Waals surface area contributed by atoms with Crippen molar-refractivity contribution in [2.75, 3.05) is 19.7 Å². The second kappa shape index (κ2) is 5.92. The van der Waals surface area contributed by atoms with Crippen LogP contribution in [-0.4, -0.2) is 35.7 Å². The molecule has 1 aliphatic heterocycles. The Balaban J connectivity index is 2.17. The number of nitrogens with two attached hydrogens (primary N) is 1. The van der Waals surface area contributed by atoms with Crippen molar-refractivity contribution in [2.45, 2.75) is 51.3 Å². The molecule has 0 amide bonds. The Labute approximate surface area is 120 Å². The number of nitrogens with zero attached hydrogens (tertiary/aromatic N) is 1. The summed E-state index contributed by atoms with van der Waals surface area (Å²) in [5.74, 6) is 0. The zero-order chi connectivity index (χ0) is 13.9. The average molecular weight is 282 g/mol. The molecule has 1 aliphatic rings. The summed E-state index contributed by atoms with van der Waals surface area (Å²) in [7, 11) is 0. The molecule has 1 fully saturated rings. The SMILES string of the molecule is CCN(Cc1cccs1)C1(CN)CCOC(C)(C)C1. The lowest BCUT2D eigenvalue weighted by atomic mass is 9.79. The summed E-state index contributed by atoms with van der Waals surface area (Å²) in [6.07, 6.45) is 2.04. The number of thiophene rings is 1.